The number of hydrogen-bond donors (Lipinski definition) is 1. The second-order valence-corrected chi connectivity index (χ2v) is 11.3. The number of fused-ring (bicyclic) bond motifs is 2. The first-order valence-corrected chi connectivity index (χ1v) is 11.9. The molecule has 1 aromatic rings. The lowest BCUT2D eigenvalue weighted by atomic mass is 9.51. The Balaban J connectivity index is 1.60. The van der Waals surface area contributed by atoms with Crippen LogP contribution in [-0.2, 0) is 5.41 Å². The molecule has 2 aliphatic carbocycles. The van der Waals surface area contributed by atoms with Gasteiger partial charge < -0.3 is 10.6 Å². The maximum Gasteiger partial charge on any atom is 0.0115 e. The van der Waals surface area contributed by atoms with Crippen molar-refractivity contribution in [3.63, 3.8) is 0 Å². The standard InChI is InChI=1S/C26H42N2/c1-4-13-26(22-10-6-5-7-11-22)17-21-9-8-14-25(16-21,18-26)20-28-15-12-23(27)24(2,3)19-28/h5-7,10-11,21,23H,4,8-9,12-20,27H2,1-3H3/t21?,23-,25?,26+/m0/s1. The molecular formula is C26H42N2. The van der Waals surface area contributed by atoms with E-state index in [1.165, 1.54) is 71.0 Å². The van der Waals surface area contributed by atoms with Crippen molar-refractivity contribution < 1.29 is 0 Å². The highest BCUT2D eigenvalue weighted by atomic mass is 15.2. The van der Waals surface area contributed by atoms with Crippen LogP contribution in [0.4, 0.5) is 0 Å². The quantitative estimate of drug-likeness (QED) is 0.702. The summed E-state index contributed by atoms with van der Waals surface area (Å²) in [5.74, 6) is 0.925. The van der Waals surface area contributed by atoms with Gasteiger partial charge in [0, 0.05) is 19.1 Å². The van der Waals surface area contributed by atoms with E-state index < -0.39 is 0 Å². The average molecular weight is 383 g/mol. The minimum Gasteiger partial charge on any atom is -0.327 e. The molecule has 2 nitrogen and oxygen atoms in total. The van der Waals surface area contributed by atoms with Gasteiger partial charge in [-0.1, -0.05) is 70.4 Å². The molecule has 2 heteroatoms. The highest BCUT2D eigenvalue weighted by Crippen LogP contribution is 2.58. The molecule has 2 unspecified atom stereocenters. The van der Waals surface area contributed by atoms with E-state index in [1.54, 1.807) is 5.56 Å². The molecule has 28 heavy (non-hydrogen) atoms. The van der Waals surface area contributed by atoms with Gasteiger partial charge in [-0.25, -0.2) is 0 Å². The molecule has 156 valence electrons. The predicted octanol–water partition coefficient (Wildman–Crippen LogP) is 5.75. The van der Waals surface area contributed by atoms with Crippen LogP contribution in [0.25, 0.3) is 0 Å². The van der Waals surface area contributed by atoms with E-state index in [-0.39, 0.29) is 5.41 Å². The van der Waals surface area contributed by atoms with Gasteiger partial charge in [0.25, 0.3) is 0 Å². The minimum atomic E-state index is 0.248. The molecule has 2 saturated carbocycles. The Morgan fingerprint density at radius 3 is 2.61 bits per heavy atom. The van der Waals surface area contributed by atoms with Gasteiger partial charge in [0.15, 0.2) is 0 Å². The second-order valence-electron chi connectivity index (χ2n) is 11.3. The fourth-order valence-corrected chi connectivity index (χ4v) is 7.38. The second kappa shape index (κ2) is 7.76. The van der Waals surface area contributed by atoms with Crippen molar-refractivity contribution in [2.75, 3.05) is 19.6 Å². The topological polar surface area (TPSA) is 29.3 Å². The Hall–Kier alpha value is -0.860. The normalized spacial score (nSPS) is 38.3. The summed E-state index contributed by atoms with van der Waals surface area (Å²) >= 11 is 0. The van der Waals surface area contributed by atoms with Crippen LogP contribution in [0.15, 0.2) is 30.3 Å². The molecule has 1 aromatic carbocycles. The minimum absolute atomic E-state index is 0.248. The molecule has 0 radical (unpaired) electrons. The van der Waals surface area contributed by atoms with E-state index in [9.17, 15) is 0 Å². The Labute approximate surface area is 173 Å². The number of hydrogen-bond acceptors (Lipinski definition) is 2. The molecule has 1 saturated heterocycles. The Morgan fingerprint density at radius 1 is 1.11 bits per heavy atom. The summed E-state index contributed by atoms with van der Waals surface area (Å²) in [7, 11) is 0. The van der Waals surface area contributed by atoms with Gasteiger partial charge in [-0.3, -0.25) is 0 Å². The summed E-state index contributed by atoms with van der Waals surface area (Å²) in [5.41, 5.74) is 9.23. The zero-order valence-corrected chi connectivity index (χ0v) is 18.6. The lowest BCUT2D eigenvalue weighted by Gasteiger charge is -2.57. The molecular weight excluding hydrogens is 340 g/mol. The number of nitrogens with two attached hydrogens (primary N) is 1. The Kier molecular flexibility index (Phi) is 5.66. The SMILES string of the molecule is CCC[C@@]1(c2ccccc2)CC2CCCC(CN3CC[C@H](N)C(C)(C)C3)(C2)C1. The smallest absolute Gasteiger partial charge is 0.0115 e. The van der Waals surface area contributed by atoms with Gasteiger partial charge in [-0.05, 0) is 72.8 Å². The summed E-state index contributed by atoms with van der Waals surface area (Å²) < 4.78 is 0. The molecule has 4 atom stereocenters. The van der Waals surface area contributed by atoms with Crippen LogP contribution in [0.3, 0.4) is 0 Å². The predicted molar refractivity (Wildman–Crippen MR) is 119 cm³/mol. The Bertz CT molecular complexity index is 654. The Morgan fingerprint density at radius 2 is 1.89 bits per heavy atom. The maximum atomic E-state index is 6.44. The molecule has 0 amide bonds. The zero-order chi connectivity index (χ0) is 19.8. The van der Waals surface area contributed by atoms with Gasteiger partial charge in [-0.2, -0.15) is 0 Å². The van der Waals surface area contributed by atoms with Crippen LogP contribution in [0.2, 0.25) is 0 Å². The number of likely N-dealkylation sites (tertiary alicyclic amines) is 1. The fraction of sp³-hybridized carbons (Fsp3) is 0.769. The largest absolute Gasteiger partial charge is 0.327 e. The van der Waals surface area contributed by atoms with Gasteiger partial charge in [0.05, 0.1) is 0 Å². The van der Waals surface area contributed by atoms with Crippen molar-refractivity contribution in [2.24, 2.45) is 22.5 Å². The van der Waals surface area contributed by atoms with Gasteiger partial charge in [0.1, 0.15) is 0 Å². The summed E-state index contributed by atoms with van der Waals surface area (Å²) in [4.78, 5) is 2.79. The van der Waals surface area contributed by atoms with Crippen LogP contribution < -0.4 is 5.73 Å². The molecule has 3 aliphatic rings. The van der Waals surface area contributed by atoms with Crippen molar-refractivity contribution >= 4 is 0 Å². The summed E-state index contributed by atoms with van der Waals surface area (Å²) in [5, 5.41) is 0. The van der Waals surface area contributed by atoms with Crippen LogP contribution in [0.1, 0.15) is 84.1 Å². The van der Waals surface area contributed by atoms with Crippen molar-refractivity contribution in [1.29, 1.82) is 0 Å². The van der Waals surface area contributed by atoms with E-state index in [4.69, 9.17) is 5.73 Å². The van der Waals surface area contributed by atoms with Crippen molar-refractivity contribution in [3.05, 3.63) is 35.9 Å². The zero-order valence-electron chi connectivity index (χ0n) is 18.6. The summed E-state index contributed by atoms with van der Waals surface area (Å²) in [6.07, 6.45) is 12.4. The van der Waals surface area contributed by atoms with E-state index >= 15 is 0 Å². The molecule has 4 rings (SSSR count). The monoisotopic (exact) mass is 382 g/mol. The van der Waals surface area contributed by atoms with Crippen LogP contribution in [0, 0.1) is 16.7 Å². The lowest BCUT2D eigenvalue weighted by molar-refractivity contribution is -0.0282. The number of nitrogens with zero attached hydrogens (tertiary/aromatic N) is 1. The van der Waals surface area contributed by atoms with E-state index in [2.05, 4.69) is 56.0 Å². The highest BCUT2D eigenvalue weighted by Gasteiger charge is 2.51. The van der Waals surface area contributed by atoms with Crippen LogP contribution in [0.5, 0.6) is 0 Å². The van der Waals surface area contributed by atoms with Gasteiger partial charge >= 0.3 is 0 Å². The molecule has 1 aliphatic heterocycles. The summed E-state index contributed by atoms with van der Waals surface area (Å²) in [6, 6.07) is 11.9. The van der Waals surface area contributed by atoms with Gasteiger partial charge in [0.2, 0.25) is 0 Å². The van der Waals surface area contributed by atoms with Crippen molar-refractivity contribution in [3.8, 4) is 0 Å². The van der Waals surface area contributed by atoms with E-state index in [1.807, 2.05) is 0 Å². The van der Waals surface area contributed by atoms with Gasteiger partial charge in [-0.15, -0.1) is 0 Å². The van der Waals surface area contributed by atoms with E-state index in [0.717, 1.165) is 12.3 Å². The first kappa shape index (κ1) is 20.4. The highest BCUT2D eigenvalue weighted by molar-refractivity contribution is 5.28. The molecule has 0 aromatic heterocycles. The molecule has 2 bridgehead atoms. The molecule has 3 fully saturated rings. The third-order valence-corrected chi connectivity index (χ3v) is 8.50. The molecule has 1 heterocycles. The first-order chi connectivity index (χ1) is 13.4. The fourth-order valence-electron chi connectivity index (χ4n) is 7.38. The third kappa shape index (κ3) is 3.92. The average Bonchev–Trinajstić information content (AvgIpc) is 2.65. The van der Waals surface area contributed by atoms with Crippen molar-refractivity contribution in [2.45, 2.75) is 90.0 Å². The van der Waals surface area contributed by atoms with E-state index in [0.29, 0.717) is 16.9 Å². The van der Waals surface area contributed by atoms with Crippen LogP contribution in [-0.4, -0.2) is 30.6 Å². The number of rotatable bonds is 5. The maximum absolute atomic E-state index is 6.44. The summed E-state index contributed by atoms with van der Waals surface area (Å²) in [6.45, 7) is 10.8. The third-order valence-electron chi connectivity index (χ3n) is 8.50. The first-order valence-electron chi connectivity index (χ1n) is 11.9. The number of benzene rings is 1. The molecule has 0 spiro atoms. The van der Waals surface area contributed by atoms with Crippen molar-refractivity contribution in [1.82, 2.24) is 4.90 Å². The lowest BCUT2D eigenvalue weighted by Crippen LogP contribution is -2.56. The molecule has 2 N–H and O–H groups in total. The number of piperidine rings is 1. The van der Waals surface area contributed by atoms with Crippen LogP contribution >= 0.6 is 0 Å².